The topological polar surface area (TPSA) is 79.0 Å². The number of hydrogen-bond acceptors (Lipinski definition) is 4. The van der Waals surface area contributed by atoms with Crippen molar-refractivity contribution < 1.29 is 19.1 Å². The molecular weight excluding hydrogens is 286 g/mol. The Morgan fingerprint density at radius 2 is 1.55 bits per heavy atom. The maximum Gasteiger partial charge on any atom is 0.317 e. The van der Waals surface area contributed by atoms with Crippen LogP contribution in [0.15, 0.2) is 0 Å². The van der Waals surface area contributed by atoms with Crippen LogP contribution in [0.25, 0.3) is 0 Å². The van der Waals surface area contributed by atoms with Gasteiger partial charge in [0, 0.05) is 39.1 Å². The summed E-state index contributed by atoms with van der Waals surface area (Å²) >= 11 is 0. The van der Waals surface area contributed by atoms with Gasteiger partial charge in [-0.1, -0.05) is 20.8 Å². The smallest absolute Gasteiger partial charge is 0.317 e. The zero-order valence-corrected chi connectivity index (χ0v) is 14.0. The van der Waals surface area contributed by atoms with Gasteiger partial charge in [-0.2, -0.15) is 0 Å². The lowest BCUT2D eigenvalue weighted by Gasteiger charge is -2.35. The molecular formula is C15H27N3O4. The van der Waals surface area contributed by atoms with E-state index in [9.17, 15) is 14.4 Å². The number of carbonyl (C=O) groups excluding carboxylic acids is 3. The molecule has 1 rings (SSSR count). The molecule has 7 nitrogen and oxygen atoms in total. The van der Waals surface area contributed by atoms with Crippen LogP contribution in [0.3, 0.4) is 0 Å². The van der Waals surface area contributed by atoms with Gasteiger partial charge in [-0.15, -0.1) is 0 Å². The molecule has 0 atom stereocenters. The minimum absolute atomic E-state index is 0.0430. The van der Waals surface area contributed by atoms with E-state index in [0.717, 1.165) is 0 Å². The van der Waals surface area contributed by atoms with Gasteiger partial charge in [0.2, 0.25) is 5.91 Å². The highest BCUT2D eigenvalue weighted by Crippen LogP contribution is 2.11. The number of nitrogens with one attached hydrogen (secondary N) is 1. The lowest BCUT2D eigenvalue weighted by molar-refractivity contribution is -0.143. The molecule has 0 aliphatic carbocycles. The summed E-state index contributed by atoms with van der Waals surface area (Å²) in [6.07, 6.45) is 0.254. The first-order valence-corrected chi connectivity index (χ1v) is 7.60. The summed E-state index contributed by atoms with van der Waals surface area (Å²) in [5, 5.41) is 2.91. The van der Waals surface area contributed by atoms with Crippen LogP contribution < -0.4 is 5.32 Å². The van der Waals surface area contributed by atoms with Gasteiger partial charge in [0.25, 0.3) is 0 Å². The second-order valence-corrected chi connectivity index (χ2v) is 6.66. The molecule has 126 valence electrons. The van der Waals surface area contributed by atoms with E-state index < -0.39 is 0 Å². The van der Waals surface area contributed by atoms with Gasteiger partial charge in [-0.3, -0.25) is 9.59 Å². The third-order valence-electron chi connectivity index (χ3n) is 3.46. The maximum atomic E-state index is 12.0. The minimum atomic E-state index is -0.381. The monoisotopic (exact) mass is 313 g/mol. The Hall–Kier alpha value is -1.79. The number of rotatable bonds is 4. The summed E-state index contributed by atoms with van der Waals surface area (Å²) in [5.41, 5.74) is 0.0430. The van der Waals surface area contributed by atoms with Crippen molar-refractivity contribution in [1.82, 2.24) is 15.1 Å². The first-order chi connectivity index (χ1) is 10.2. The minimum Gasteiger partial charge on any atom is -0.469 e. The van der Waals surface area contributed by atoms with Crippen molar-refractivity contribution in [2.45, 2.75) is 33.6 Å². The van der Waals surface area contributed by atoms with Crippen LogP contribution in [-0.4, -0.2) is 67.5 Å². The van der Waals surface area contributed by atoms with Crippen molar-refractivity contribution in [3.63, 3.8) is 0 Å². The largest absolute Gasteiger partial charge is 0.469 e. The number of hydrogen-bond donors (Lipinski definition) is 1. The fraction of sp³-hybridized carbons (Fsp3) is 0.800. The Morgan fingerprint density at radius 3 is 2.05 bits per heavy atom. The fourth-order valence-corrected chi connectivity index (χ4v) is 2.08. The number of urea groups is 1. The first-order valence-electron chi connectivity index (χ1n) is 7.60. The van der Waals surface area contributed by atoms with Crippen molar-refractivity contribution >= 4 is 17.9 Å². The van der Waals surface area contributed by atoms with Crippen molar-refractivity contribution in [1.29, 1.82) is 0 Å². The number of ether oxygens (including phenoxy) is 1. The number of nitrogens with zero attached hydrogens (tertiary/aromatic N) is 2. The standard InChI is InChI=1S/C15H27N3O4/c1-15(2,3)11-16-14(21)18-9-7-17(8-10-18)12(19)5-6-13(20)22-4/h5-11H2,1-4H3,(H,16,21). The zero-order valence-electron chi connectivity index (χ0n) is 14.0. The average molecular weight is 313 g/mol. The Labute approximate surface area is 132 Å². The van der Waals surface area contributed by atoms with Crippen molar-refractivity contribution in [2.24, 2.45) is 5.41 Å². The molecule has 7 heteroatoms. The van der Waals surface area contributed by atoms with Gasteiger partial charge in [0.05, 0.1) is 13.5 Å². The van der Waals surface area contributed by atoms with E-state index in [-0.39, 0.29) is 36.2 Å². The predicted octanol–water partition coefficient (Wildman–Crippen LogP) is 0.840. The van der Waals surface area contributed by atoms with E-state index in [1.54, 1.807) is 9.80 Å². The average Bonchev–Trinajstić information content (AvgIpc) is 2.49. The SMILES string of the molecule is COC(=O)CCC(=O)N1CCN(C(=O)NCC(C)(C)C)CC1. The first kappa shape index (κ1) is 18.3. The number of methoxy groups -OCH3 is 1. The van der Waals surface area contributed by atoms with Crippen LogP contribution in [0.5, 0.6) is 0 Å². The molecule has 0 radical (unpaired) electrons. The van der Waals surface area contributed by atoms with Crippen LogP contribution in [0.1, 0.15) is 33.6 Å². The Kier molecular flexibility index (Phi) is 6.64. The molecule has 1 N–H and O–H groups in total. The van der Waals surface area contributed by atoms with E-state index in [1.165, 1.54) is 7.11 Å². The molecule has 0 unspecified atom stereocenters. The van der Waals surface area contributed by atoms with E-state index in [1.807, 2.05) is 0 Å². The lowest BCUT2D eigenvalue weighted by atomic mass is 9.97. The molecule has 0 spiro atoms. The predicted molar refractivity (Wildman–Crippen MR) is 82.3 cm³/mol. The molecule has 0 aromatic rings. The maximum absolute atomic E-state index is 12.0. The van der Waals surface area contributed by atoms with Crippen molar-refractivity contribution in [3.8, 4) is 0 Å². The van der Waals surface area contributed by atoms with E-state index in [0.29, 0.717) is 32.7 Å². The van der Waals surface area contributed by atoms with E-state index >= 15 is 0 Å². The van der Waals surface area contributed by atoms with Crippen LogP contribution in [-0.2, 0) is 14.3 Å². The molecule has 1 heterocycles. The summed E-state index contributed by atoms with van der Waals surface area (Å²) in [5.74, 6) is -0.450. The quantitative estimate of drug-likeness (QED) is 0.780. The number of amides is 3. The Balaban J connectivity index is 2.32. The number of piperazine rings is 1. The molecule has 0 aromatic heterocycles. The normalized spacial score (nSPS) is 15.5. The van der Waals surface area contributed by atoms with Crippen LogP contribution in [0.2, 0.25) is 0 Å². The summed E-state index contributed by atoms with van der Waals surface area (Å²) in [4.78, 5) is 38.4. The summed E-state index contributed by atoms with van der Waals surface area (Å²) in [6, 6.07) is -0.0865. The fourth-order valence-electron chi connectivity index (χ4n) is 2.08. The van der Waals surface area contributed by atoms with Gasteiger partial charge in [0.1, 0.15) is 0 Å². The van der Waals surface area contributed by atoms with E-state index in [4.69, 9.17) is 0 Å². The zero-order chi connectivity index (χ0) is 16.8. The second-order valence-electron chi connectivity index (χ2n) is 6.66. The molecule has 0 aromatic carbocycles. The summed E-state index contributed by atoms with van der Waals surface area (Å²) < 4.78 is 4.52. The molecule has 22 heavy (non-hydrogen) atoms. The molecule has 1 fully saturated rings. The van der Waals surface area contributed by atoms with Gasteiger partial charge in [0.15, 0.2) is 0 Å². The van der Waals surface area contributed by atoms with Crippen molar-refractivity contribution in [3.05, 3.63) is 0 Å². The number of carbonyl (C=O) groups is 3. The third kappa shape index (κ3) is 6.32. The molecule has 3 amide bonds. The molecule has 1 aliphatic heterocycles. The molecule has 1 aliphatic rings. The highest BCUT2D eigenvalue weighted by atomic mass is 16.5. The van der Waals surface area contributed by atoms with Crippen molar-refractivity contribution in [2.75, 3.05) is 39.8 Å². The Bertz CT molecular complexity index is 410. The molecule has 0 bridgehead atoms. The van der Waals surface area contributed by atoms with Crippen LogP contribution in [0.4, 0.5) is 4.79 Å². The highest BCUT2D eigenvalue weighted by molar-refractivity contribution is 5.81. The highest BCUT2D eigenvalue weighted by Gasteiger charge is 2.25. The van der Waals surface area contributed by atoms with Gasteiger partial charge >= 0.3 is 12.0 Å². The number of esters is 1. The Morgan fingerprint density at radius 1 is 1.00 bits per heavy atom. The van der Waals surface area contributed by atoms with Gasteiger partial charge in [-0.05, 0) is 5.41 Å². The third-order valence-corrected chi connectivity index (χ3v) is 3.46. The van der Waals surface area contributed by atoms with Gasteiger partial charge in [-0.25, -0.2) is 4.79 Å². The summed E-state index contributed by atoms with van der Waals surface area (Å²) in [7, 11) is 1.31. The molecule has 1 saturated heterocycles. The van der Waals surface area contributed by atoms with Crippen LogP contribution >= 0.6 is 0 Å². The van der Waals surface area contributed by atoms with Gasteiger partial charge < -0.3 is 19.9 Å². The lowest BCUT2D eigenvalue weighted by Crippen LogP contribution is -2.53. The molecule has 0 saturated carbocycles. The second kappa shape index (κ2) is 8.00. The van der Waals surface area contributed by atoms with E-state index in [2.05, 4.69) is 30.8 Å². The van der Waals surface area contributed by atoms with Crippen LogP contribution in [0, 0.1) is 5.41 Å². The summed E-state index contributed by atoms with van der Waals surface area (Å²) in [6.45, 7) is 8.83.